The van der Waals surface area contributed by atoms with E-state index in [1.807, 2.05) is 0 Å². The van der Waals surface area contributed by atoms with E-state index in [1.54, 1.807) is 0 Å². The molecule has 3 N–H and O–H groups in total. The molecule has 0 amide bonds. The molecule has 0 heterocycles. The average Bonchev–Trinajstić information content (AvgIpc) is 2.58. The molecule has 31 heteroatoms. The molecule has 43 heavy (non-hydrogen) atoms. The number of aliphatic hydroxyl groups is 3. The van der Waals surface area contributed by atoms with Gasteiger partial charge in [0.25, 0.3) is 0 Å². The van der Waals surface area contributed by atoms with Crippen molar-refractivity contribution in [3.05, 3.63) is 0 Å². The summed E-state index contributed by atoms with van der Waals surface area (Å²) in [5.41, 5.74) is -20.1. The summed E-state index contributed by atoms with van der Waals surface area (Å²) in [6.45, 7) is 0. The third-order valence-corrected chi connectivity index (χ3v) is 3.69. The van der Waals surface area contributed by atoms with Gasteiger partial charge in [-0.2, -0.15) is 119 Å². The smallest absolute Gasteiger partial charge is 0.367 e. The van der Waals surface area contributed by atoms with Crippen molar-refractivity contribution >= 4 is 0 Å². The summed E-state index contributed by atoms with van der Waals surface area (Å²) in [6, 6.07) is 0. The summed E-state index contributed by atoms with van der Waals surface area (Å²) in [6.07, 6.45) is -61.8. The van der Waals surface area contributed by atoms with Crippen molar-refractivity contribution in [2.45, 2.75) is 72.4 Å². The molecular formula is C12H3CrF27O3. The first-order chi connectivity index (χ1) is 17.2. The van der Waals surface area contributed by atoms with E-state index in [-0.39, 0.29) is 17.4 Å². The second-order valence-corrected chi connectivity index (χ2v) is 6.61. The van der Waals surface area contributed by atoms with E-state index in [1.165, 1.54) is 0 Å². The molecule has 264 valence electrons. The maximum Gasteiger partial charge on any atom is 0.435 e. The van der Waals surface area contributed by atoms with Crippen LogP contribution < -0.4 is 0 Å². The minimum atomic E-state index is -6.87. The molecule has 0 aliphatic carbocycles. The third kappa shape index (κ3) is 9.51. The number of hydrogen-bond donors (Lipinski definition) is 3. The van der Waals surface area contributed by atoms with Crippen LogP contribution in [0.5, 0.6) is 0 Å². The average molecular weight is 760 g/mol. The predicted molar refractivity (Wildman–Crippen MR) is 69.3 cm³/mol. The summed E-state index contributed by atoms with van der Waals surface area (Å²) in [7, 11) is 0. The van der Waals surface area contributed by atoms with Crippen LogP contribution in [0, 0.1) is 0 Å². The van der Waals surface area contributed by atoms with Crippen LogP contribution in [0.1, 0.15) is 0 Å². The monoisotopic (exact) mass is 760 g/mol. The Hall–Kier alpha value is -1.48. The topological polar surface area (TPSA) is 60.7 Å². The van der Waals surface area contributed by atoms with Gasteiger partial charge in [-0.05, 0) is 0 Å². The van der Waals surface area contributed by atoms with Crippen molar-refractivity contribution in [1.82, 2.24) is 0 Å². The summed E-state index contributed by atoms with van der Waals surface area (Å²) < 4.78 is 308. The normalized spacial score (nSPS) is 15.5. The molecule has 0 fully saturated rings. The van der Waals surface area contributed by atoms with Crippen molar-refractivity contribution in [3.63, 3.8) is 0 Å². The van der Waals surface area contributed by atoms with Gasteiger partial charge in [-0.3, -0.25) is 0 Å². The van der Waals surface area contributed by atoms with Crippen molar-refractivity contribution in [2.24, 2.45) is 0 Å². The molecule has 0 atom stereocenters. The molecule has 0 radical (unpaired) electrons. The standard InChI is InChI=1S/3C4HF9O.Cr/c3*5-2(6,7)1(14,3(8,9)10)4(11,12)13;/h3*14H;. The van der Waals surface area contributed by atoms with E-state index in [0.29, 0.717) is 0 Å². The second-order valence-electron chi connectivity index (χ2n) is 6.61. The van der Waals surface area contributed by atoms with Crippen molar-refractivity contribution in [1.29, 1.82) is 0 Å². The Morgan fingerprint density at radius 3 is 0.233 bits per heavy atom. The zero-order valence-corrected chi connectivity index (χ0v) is 19.2. The molecule has 3 nitrogen and oxygen atoms in total. The van der Waals surface area contributed by atoms with Gasteiger partial charge >= 0.3 is 72.4 Å². The molecule has 0 saturated carbocycles. The number of hydrogen-bond acceptors (Lipinski definition) is 3. The van der Waals surface area contributed by atoms with Gasteiger partial charge in [0.15, 0.2) is 0 Å². The van der Waals surface area contributed by atoms with Crippen LogP contribution in [0.3, 0.4) is 0 Å². The van der Waals surface area contributed by atoms with Crippen LogP contribution in [-0.2, 0) is 17.4 Å². The van der Waals surface area contributed by atoms with E-state index in [2.05, 4.69) is 0 Å². The fourth-order valence-corrected chi connectivity index (χ4v) is 1.45. The van der Waals surface area contributed by atoms with Crippen molar-refractivity contribution in [2.75, 3.05) is 0 Å². The van der Waals surface area contributed by atoms with Gasteiger partial charge in [-0.1, -0.05) is 0 Å². The zero-order chi connectivity index (χ0) is 36.0. The van der Waals surface area contributed by atoms with Gasteiger partial charge < -0.3 is 15.3 Å². The van der Waals surface area contributed by atoms with Crippen LogP contribution in [0.4, 0.5) is 119 Å². The number of alkyl halides is 27. The Bertz CT molecular complexity index is 632. The first-order valence-corrected chi connectivity index (χ1v) is 8.02. The predicted octanol–water partition coefficient (Wildman–Crippen LogP) is 7.21. The minimum absolute atomic E-state index is 0. The largest absolute Gasteiger partial charge is 0.435 e. The number of rotatable bonds is 0. The van der Waals surface area contributed by atoms with Crippen LogP contribution >= 0.6 is 0 Å². The van der Waals surface area contributed by atoms with Gasteiger partial charge in [0.1, 0.15) is 0 Å². The Morgan fingerprint density at radius 2 is 0.233 bits per heavy atom. The molecule has 0 unspecified atom stereocenters. The van der Waals surface area contributed by atoms with Gasteiger partial charge in [0.2, 0.25) is 0 Å². The fourth-order valence-electron chi connectivity index (χ4n) is 1.45. The van der Waals surface area contributed by atoms with Crippen LogP contribution in [-0.4, -0.2) is 87.7 Å². The Balaban J connectivity index is -0.000000262. The van der Waals surface area contributed by atoms with E-state index >= 15 is 0 Å². The first kappa shape index (κ1) is 48.4. The molecule has 0 aromatic heterocycles. The van der Waals surface area contributed by atoms with E-state index in [0.717, 1.165) is 0 Å². The van der Waals surface area contributed by atoms with Gasteiger partial charge in [-0.15, -0.1) is 0 Å². The maximum absolute atomic E-state index is 11.4. The van der Waals surface area contributed by atoms with E-state index in [9.17, 15) is 119 Å². The van der Waals surface area contributed by atoms with Crippen LogP contribution in [0.15, 0.2) is 0 Å². The van der Waals surface area contributed by atoms with Gasteiger partial charge in [0.05, 0.1) is 0 Å². The second kappa shape index (κ2) is 12.7. The van der Waals surface area contributed by atoms with E-state index in [4.69, 9.17) is 15.3 Å². The molecule has 0 aromatic rings. The van der Waals surface area contributed by atoms with E-state index < -0.39 is 72.4 Å². The molecule has 0 bridgehead atoms. The Kier molecular flexibility index (Phi) is 14.3. The molecule has 0 aliphatic heterocycles. The maximum atomic E-state index is 11.4. The fraction of sp³-hybridized carbons (Fsp3) is 1.00. The Labute approximate surface area is 224 Å². The molecular weight excluding hydrogens is 757 g/mol. The van der Waals surface area contributed by atoms with Crippen molar-refractivity contribution in [3.8, 4) is 0 Å². The third-order valence-electron chi connectivity index (χ3n) is 3.69. The quantitative estimate of drug-likeness (QED) is 0.229. The molecule has 0 aromatic carbocycles. The summed E-state index contributed by atoms with van der Waals surface area (Å²) >= 11 is 0. The molecule has 0 rings (SSSR count). The summed E-state index contributed by atoms with van der Waals surface area (Å²) in [4.78, 5) is 0. The first-order valence-electron chi connectivity index (χ1n) is 8.02. The molecule has 0 spiro atoms. The summed E-state index contributed by atoms with van der Waals surface area (Å²) in [5.74, 6) is 0. The van der Waals surface area contributed by atoms with Crippen molar-refractivity contribution < 1.29 is 151 Å². The van der Waals surface area contributed by atoms with Crippen LogP contribution in [0.25, 0.3) is 0 Å². The minimum Gasteiger partial charge on any atom is -0.367 e. The Morgan fingerprint density at radius 1 is 0.186 bits per heavy atom. The van der Waals surface area contributed by atoms with Gasteiger partial charge in [-0.25, -0.2) is 0 Å². The molecule has 0 saturated heterocycles. The van der Waals surface area contributed by atoms with Gasteiger partial charge in [0, 0.05) is 17.4 Å². The molecule has 0 aliphatic rings. The zero-order valence-electron chi connectivity index (χ0n) is 18.0. The summed E-state index contributed by atoms with van der Waals surface area (Å²) in [5, 5.41) is 22.9. The number of halogens is 27. The SMILES string of the molecule is OC(C(F)(F)F)(C(F)(F)F)C(F)(F)F.OC(C(F)(F)F)(C(F)(F)F)C(F)(F)F.OC(C(F)(F)F)(C(F)(F)F)C(F)(F)F.[Cr]. The van der Waals surface area contributed by atoms with Crippen LogP contribution in [0.2, 0.25) is 0 Å².